The Labute approximate surface area is 141 Å². The van der Waals surface area contributed by atoms with Crippen LogP contribution in [0, 0.1) is 5.92 Å². The molecule has 1 aliphatic heterocycles. The zero-order chi connectivity index (χ0) is 17.0. The van der Waals surface area contributed by atoms with E-state index >= 15 is 0 Å². The molecule has 0 amide bonds. The van der Waals surface area contributed by atoms with E-state index in [1.165, 1.54) is 29.6 Å². The van der Waals surface area contributed by atoms with E-state index in [9.17, 15) is 13.2 Å². The topological polar surface area (TPSA) is 75.7 Å². The van der Waals surface area contributed by atoms with Gasteiger partial charge in [-0.3, -0.25) is 0 Å². The number of methoxy groups -OCH3 is 1. The standard InChI is InChI=1S/C15H21ClN2O4S/c1-17-9-11-4-3-5-18(10-11)23(20,21)14-7-12(15(19)22-2)6-13(16)8-14/h6-8,11,17H,3-5,9-10H2,1-2H3. The molecule has 1 N–H and O–H groups in total. The molecular formula is C15H21ClN2O4S. The fraction of sp³-hybridized carbons (Fsp3) is 0.533. The van der Waals surface area contributed by atoms with Crippen LogP contribution in [-0.4, -0.2) is 52.5 Å². The largest absolute Gasteiger partial charge is 0.465 e. The number of rotatable bonds is 5. The lowest BCUT2D eigenvalue weighted by atomic mass is 10.00. The third kappa shape index (κ3) is 4.23. The van der Waals surface area contributed by atoms with Crippen LogP contribution >= 0.6 is 11.6 Å². The molecule has 128 valence electrons. The van der Waals surface area contributed by atoms with E-state index in [0.29, 0.717) is 13.1 Å². The number of nitrogens with one attached hydrogen (secondary N) is 1. The third-order valence-electron chi connectivity index (χ3n) is 3.90. The molecule has 1 aromatic rings. The molecular weight excluding hydrogens is 340 g/mol. The first kappa shape index (κ1) is 18.2. The summed E-state index contributed by atoms with van der Waals surface area (Å²) >= 11 is 5.97. The highest BCUT2D eigenvalue weighted by molar-refractivity contribution is 7.89. The number of esters is 1. The van der Waals surface area contributed by atoms with Crippen LogP contribution in [0.25, 0.3) is 0 Å². The Balaban J connectivity index is 2.32. The Hall–Kier alpha value is -1.15. The molecule has 1 aliphatic rings. The molecule has 6 nitrogen and oxygen atoms in total. The number of sulfonamides is 1. The second kappa shape index (κ2) is 7.61. The number of piperidine rings is 1. The number of carbonyl (C=O) groups is 1. The lowest BCUT2D eigenvalue weighted by molar-refractivity contribution is 0.0600. The smallest absolute Gasteiger partial charge is 0.337 e. The van der Waals surface area contributed by atoms with Crippen molar-refractivity contribution in [2.24, 2.45) is 5.92 Å². The molecule has 0 bridgehead atoms. The molecule has 2 rings (SSSR count). The van der Waals surface area contributed by atoms with Gasteiger partial charge in [-0.15, -0.1) is 0 Å². The normalized spacial score (nSPS) is 19.5. The van der Waals surface area contributed by atoms with Crippen LogP contribution in [0.15, 0.2) is 23.1 Å². The maximum atomic E-state index is 12.8. The number of hydrogen-bond acceptors (Lipinski definition) is 5. The fourth-order valence-corrected chi connectivity index (χ4v) is 4.72. The second-order valence-corrected chi connectivity index (χ2v) is 7.97. The minimum Gasteiger partial charge on any atom is -0.465 e. The molecule has 1 saturated heterocycles. The van der Waals surface area contributed by atoms with E-state index in [2.05, 4.69) is 10.1 Å². The lowest BCUT2D eigenvalue weighted by Crippen LogP contribution is -2.42. The molecule has 1 fully saturated rings. The minimum atomic E-state index is -3.69. The Morgan fingerprint density at radius 1 is 1.43 bits per heavy atom. The molecule has 0 aromatic heterocycles. The van der Waals surface area contributed by atoms with Crippen molar-refractivity contribution in [2.75, 3.05) is 33.8 Å². The van der Waals surface area contributed by atoms with Gasteiger partial charge in [0.2, 0.25) is 10.0 Å². The van der Waals surface area contributed by atoms with Gasteiger partial charge in [0.15, 0.2) is 0 Å². The van der Waals surface area contributed by atoms with Gasteiger partial charge in [-0.1, -0.05) is 11.6 Å². The quantitative estimate of drug-likeness (QED) is 0.809. The molecule has 23 heavy (non-hydrogen) atoms. The molecule has 0 spiro atoms. The molecule has 1 unspecified atom stereocenters. The number of carbonyl (C=O) groups excluding carboxylic acids is 1. The highest BCUT2D eigenvalue weighted by Crippen LogP contribution is 2.26. The number of halogens is 1. The van der Waals surface area contributed by atoms with E-state index in [-0.39, 0.29) is 21.4 Å². The zero-order valence-electron chi connectivity index (χ0n) is 13.2. The summed E-state index contributed by atoms with van der Waals surface area (Å²) in [5.74, 6) is -0.335. The summed E-state index contributed by atoms with van der Waals surface area (Å²) in [6, 6.07) is 4.08. The predicted molar refractivity (Wildman–Crippen MR) is 88.2 cm³/mol. The van der Waals surface area contributed by atoms with Gasteiger partial charge in [0.25, 0.3) is 0 Å². The Kier molecular flexibility index (Phi) is 6.02. The number of hydrogen-bond donors (Lipinski definition) is 1. The van der Waals surface area contributed by atoms with Crippen molar-refractivity contribution in [3.05, 3.63) is 28.8 Å². The van der Waals surface area contributed by atoms with E-state index in [1.807, 2.05) is 7.05 Å². The molecule has 1 aromatic carbocycles. The van der Waals surface area contributed by atoms with Crippen molar-refractivity contribution in [3.8, 4) is 0 Å². The summed E-state index contributed by atoms with van der Waals surface area (Å²) in [7, 11) is -0.592. The monoisotopic (exact) mass is 360 g/mol. The van der Waals surface area contributed by atoms with Gasteiger partial charge in [-0.25, -0.2) is 13.2 Å². The zero-order valence-corrected chi connectivity index (χ0v) is 14.8. The van der Waals surface area contributed by atoms with Gasteiger partial charge in [-0.05, 0) is 50.6 Å². The maximum absolute atomic E-state index is 12.8. The van der Waals surface area contributed by atoms with Crippen molar-refractivity contribution >= 4 is 27.6 Å². The second-order valence-electron chi connectivity index (χ2n) is 5.60. The summed E-state index contributed by atoms with van der Waals surface area (Å²) < 4.78 is 31.8. The number of nitrogens with zero attached hydrogens (tertiary/aromatic N) is 1. The average molecular weight is 361 g/mol. The Morgan fingerprint density at radius 2 is 2.17 bits per heavy atom. The van der Waals surface area contributed by atoms with E-state index in [1.54, 1.807) is 0 Å². The Bertz CT molecular complexity index is 676. The van der Waals surface area contributed by atoms with Crippen LogP contribution in [0.3, 0.4) is 0 Å². The van der Waals surface area contributed by atoms with Crippen LogP contribution in [-0.2, 0) is 14.8 Å². The van der Waals surface area contributed by atoms with Gasteiger partial charge in [-0.2, -0.15) is 4.31 Å². The highest BCUT2D eigenvalue weighted by Gasteiger charge is 2.30. The van der Waals surface area contributed by atoms with Crippen molar-refractivity contribution in [3.63, 3.8) is 0 Å². The third-order valence-corrected chi connectivity index (χ3v) is 5.97. The summed E-state index contributed by atoms with van der Waals surface area (Å²) in [6.45, 7) is 1.71. The minimum absolute atomic E-state index is 0.0236. The SMILES string of the molecule is CNCC1CCCN(S(=O)(=O)c2cc(Cl)cc(C(=O)OC)c2)C1. The van der Waals surface area contributed by atoms with Crippen LogP contribution in [0.1, 0.15) is 23.2 Å². The summed E-state index contributed by atoms with van der Waals surface area (Å²) in [5.41, 5.74) is 0.127. The first-order valence-electron chi connectivity index (χ1n) is 7.42. The number of benzene rings is 1. The van der Waals surface area contributed by atoms with Crippen molar-refractivity contribution in [2.45, 2.75) is 17.7 Å². The van der Waals surface area contributed by atoms with Gasteiger partial charge in [0.05, 0.1) is 17.6 Å². The first-order chi connectivity index (χ1) is 10.9. The molecule has 1 heterocycles. The van der Waals surface area contributed by atoms with Gasteiger partial charge in [0.1, 0.15) is 0 Å². The lowest BCUT2D eigenvalue weighted by Gasteiger charge is -2.32. The van der Waals surface area contributed by atoms with E-state index < -0.39 is 16.0 Å². The van der Waals surface area contributed by atoms with Crippen molar-refractivity contribution < 1.29 is 17.9 Å². The van der Waals surface area contributed by atoms with Crippen molar-refractivity contribution in [1.82, 2.24) is 9.62 Å². The van der Waals surface area contributed by atoms with Crippen LogP contribution < -0.4 is 5.32 Å². The molecule has 0 aliphatic carbocycles. The van der Waals surface area contributed by atoms with E-state index in [4.69, 9.17) is 11.6 Å². The summed E-state index contributed by atoms with van der Waals surface area (Å²) in [4.78, 5) is 11.7. The first-order valence-corrected chi connectivity index (χ1v) is 9.24. The Morgan fingerprint density at radius 3 is 2.83 bits per heavy atom. The van der Waals surface area contributed by atoms with Crippen LogP contribution in [0.5, 0.6) is 0 Å². The van der Waals surface area contributed by atoms with Gasteiger partial charge >= 0.3 is 5.97 Å². The highest BCUT2D eigenvalue weighted by atomic mass is 35.5. The fourth-order valence-electron chi connectivity index (χ4n) is 2.80. The van der Waals surface area contributed by atoms with E-state index in [0.717, 1.165) is 19.4 Å². The molecule has 1 atom stereocenters. The molecule has 8 heteroatoms. The van der Waals surface area contributed by atoms with Gasteiger partial charge < -0.3 is 10.1 Å². The molecule has 0 saturated carbocycles. The maximum Gasteiger partial charge on any atom is 0.337 e. The average Bonchev–Trinajstić information content (AvgIpc) is 2.54. The van der Waals surface area contributed by atoms with Crippen LogP contribution in [0.4, 0.5) is 0 Å². The molecule has 0 radical (unpaired) electrons. The van der Waals surface area contributed by atoms with Gasteiger partial charge in [0, 0.05) is 18.1 Å². The number of ether oxygens (including phenoxy) is 1. The van der Waals surface area contributed by atoms with Crippen LogP contribution in [0.2, 0.25) is 5.02 Å². The van der Waals surface area contributed by atoms with Crippen molar-refractivity contribution in [1.29, 1.82) is 0 Å². The summed E-state index contributed by atoms with van der Waals surface area (Å²) in [6.07, 6.45) is 1.81. The summed E-state index contributed by atoms with van der Waals surface area (Å²) in [5, 5.41) is 3.28. The predicted octanol–water partition coefficient (Wildman–Crippen LogP) is 1.75.